The van der Waals surface area contributed by atoms with Crippen LogP contribution in [0.15, 0.2) is 152 Å². The molecule has 0 atom stereocenters. The molecular weight excluding hydrogens is 597 g/mol. The third-order valence-corrected chi connectivity index (χ3v) is 11.8. The molecular formula is C42H25NSe. The molecule has 0 unspecified atom stereocenters. The second-order valence-corrected chi connectivity index (χ2v) is 14.0. The van der Waals surface area contributed by atoms with Gasteiger partial charge in [-0.25, -0.2) is 0 Å². The third kappa shape index (κ3) is 3.35. The molecule has 0 aliphatic heterocycles. The standard InChI is InChI=1S/C42H25NSe/c1-3-12-30-28(10-1)29-11-2-4-13-31(29)34-16-9-17-35-36-24-26(20-22-39(36)43(42(34)35)38-18-7-5-14-32(30)38)27-21-23-41-37(25-27)33-15-6-8-19-40(33)44-41/h1-25H. The van der Waals surface area contributed by atoms with Gasteiger partial charge < -0.3 is 0 Å². The molecule has 3 heterocycles. The molecule has 0 aliphatic carbocycles. The van der Waals surface area contributed by atoms with E-state index in [1.54, 1.807) is 0 Å². The molecule has 44 heavy (non-hydrogen) atoms. The summed E-state index contributed by atoms with van der Waals surface area (Å²) in [7, 11) is 0. The van der Waals surface area contributed by atoms with E-state index in [0.29, 0.717) is 14.5 Å². The van der Waals surface area contributed by atoms with E-state index in [4.69, 9.17) is 0 Å². The summed E-state index contributed by atoms with van der Waals surface area (Å²) in [4.78, 5) is 0. The Labute approximate surface area is 259 Å². The summed E-state index contributed by atoms with van der Waals surface area (Å²) in [5.41, 5.74) is 6.24. The summed E-state index contributed by atoms with van der Waals surface area (Å²) < 4.78 is 5.48. The van der Waals surface area contributed by atoms with E-state index in [-0.39, 0.29) is 0 Å². The van der Waals surface area contributed by atoms with Crippen molar-refractivity contribution in [3.05, 3.63) is 152 Å². The van der Waals surface area contributed by atoms with Crippen molar-refractivity contribution in [2.45, 2.75) is 0 Å². The van der Waals surface area contributed by atoms with Crippen LogP contribution in [0.25, 0.3) is 90.1 Å². The predicted molar refractivity (Wildman–Crippen MR) is 191 cm³/mol. The minimum absolute atomic E-state index is 0.380. The summed E-state index contributed by atoms with van der Waals surface area (Å²) in [6.45, 7) is 0. The van der Waals surface area contributed by atoms with Crippen LogP contribution in [-0.4, -0.2) is 18.9 Å². The summed E-state index contributed by atoms with van der Waals surface area (Å²) in [6.07, 6.45) is 0. The number of aromatic nitrogens is 1. The van der Waals surface area contributed by atoms with Crippen LogP contribution < -0.4 is 0 Å². The molecule has 0 radical (unpaired) electrons. The van der Waals surface area contributed by atoms with Gasteiger partial charge in [0, 0.05) is 0 Å². The quantitative estimate of drug-likeness (QED) is 0.161. The first kappa shape index (κ1) is 24.3. The third-order valence-electron chi connectivity index (χ3n) is 9.37. The van der Waals surface area contributed by atoms with Crippen LogP contribution in [0, 0.1) is 0 Å². The van der Waals surface area contributed by atoms with E-state index >= 15 is 0 Å². The second kappa shape index (κ2) is 9.18. The van der Waals surface area contributed by atoms with Crippen molar-refractivity contribution in [3.8, 4) is 11.1 Å². The first-order chi connectivity index (χ1) is 21.8. The maximum absolute atomic E-state index is 2.51. The van der Waals surface area contributed by atoms with Crippen LogP contribution in [0.1, 0.15) is 0 Å². The molecule has 0 fully saturated rings. The Morgan fingerprint density at radius 2 is 0.795 bits per heavy atom. The molecule has 0 amide bonds. The normalized spacial score (nSPS) is 12.1. The molecule has 1 nitrogen and oxygen atoms in total. The zero-order chi connectivity index (χ0) is 28.8. The van der Waals surface area contributed by atoms with Crippen molar-refractivity contribution in [1.82, 2.24) is 4.40 Å². The summed E-state index contributed by atoms with van der Waals surface area (Å²) >= 11 is 0.380. The monoisotopic (exact) mass is 623 g/mol. The Morgan fingerprint density at radius 1 is 0.318 bits per heavy atom. The minimum atomic E-state index is 0.380. The van der Waals surface area contributed by atoms with Gasteiger partial charge in [-0.3, -0.25) is 0 Å². The van der Waals surface area contributed by atoms with Crippen LogP contribution in [-0.2, 0) is 0 Å². The van der Waals surface area contributed by atoms with Crippen LogP contribution in [0.3, 0.4) is 0 Å². The van der Waals surface area contributed by atoms with E-state index in [0.717, 1.165) is 0 Å². The molecule has 10 rings (SSSR count). The fourth-order valence-corrected chi connectivity index (χ4v) is 9.70. The van der Waals surface area contributed by atoms with E-state index in [1.807, 2.05) is 0 Å². The van der Waals surface area contributed by atoms with Gasteiger partial charge in [-0.15, -0.1) is 0 Å². The number of fused-ring (bicyclic) bond motifs is 13. The van der Waals surface area contributed by atoms with Gasteiger partial charge in [-0.1, -0.05) is 48.5 Å². The first-order valence-corrected chi connectivity index (χ1v) is 16.8. The van der Waals surface area contributed by atoms with Crippen molar-refractivity contribution in [1.29, 1.82) is 0 Å². The Kier molecular flexibility index (Phi) is 5.07. The van der Waals surface area contributed by atoms with Crippen molar-refractivity contribution in [2.75, 3.05) is 0 Å². The molecule has 0 N–H and O–H groups in total. The molecule has 0 spiro atoms. The molecule has 3 aromatic heterocycles. The van der Waals surface area contributed by atoms with Crippen molar-refractivity contribution >= 4 is 93.4 Å². The number of benzene rings is 7. The zero-order valence-corrected chi connectivity index (χ0v) is 25.5. The average Bonchev–Trinajstić information content (AvgIpc) is 3.64. The molecule has 0 bridgehead atoms. The Morgan fingerprint density at radius 3 is 1.55 bits per heavy atom. The van der Waals surface area contributed by atoms with Crippen LogP contribution in [0.4, 0.5) is 0 Å². The van der Waals surface area contributed by atoms with Crippen molar-refractivity contribution < 1.29 is 0 Å². The van der Waals surface area contributed by atoms with Crippen LogP contribution in [0.5, 0.6) is 0 Å². The first-order valence-electron chi connectivity index (χ1n) is 15.1. The Hall–Kier alpha value is -5.14. The van der Waals surface area contributed by atoms with E-state index in [2.05, 4.69) is 156 Å². The van der Waals surface area contributed by atoms with Gasteiger partial charge >= 0.3 is 207 Å². The van der Waals surface area contributed by atoms with Gasteiger partial charge in [-0.05, 0) is 5.39 Å². The fraction of sp³-hybridized carbons (Fsp3) is 0. The van der Waals surface area contributed by atoms with E-state index in [1.165, 1.54) is 90.1 Å². The number of hydrogen-bond acceptors (Lipinski definition) is 0. The zero-order valence-electron chi connectivity index (χ0n) is 23.8. The summed E-state index contributed by atoms with van der Waals surface area (Å²) in [6, 6.07) is 56.6. The molecule has 204 valence electrons. The van der Waals surface area contributed by atoms with Gasteiger partial charge in [0.15, 0.2) is 0 Å². The Balaban J connectivity index is 1.40. The second-order valence-electron chi connectivity index (χ2n) is 11.7. The number of nitrogens with zero attached hydrogens (tertiary/aromatic N) is 1. The van der Waals surface area contributed by atoms with Gasteiger partial charge in [0.25, 0.3) is 0 Å². The SMILES string of the molecule is c1ccc2c(c1)[se]c1ccc(-c3ccc4c(c3)c3cccc5c6ccccc6c6ccccc6c6ccccc6n4c53)cc12. The van der Waals surface area contributed by atoms with Crippen LogP contribution in [0.2, 0.25) is 0 Å². The summed E-state index contributed by atoms with van der Waals surface area (Å²) in [5, 5.41) is 12.9. The van der Waals surface area contributed by atoms with Crippen molar-refractivity contribution in [3.63, 3.8) is 0 Å². The molecule has 7 aromatic carbocycles. The predicted octanol–water partition coefficient (Wildman–Crippen LogP) is 11.3. The Bertz CT molecular complexity index is 2830. The van der Waals surface area contributed by atoms with Gasteiger partial charge in [0.2, 0.25) is 0 Å². The number of hydrogen-bond donors (Lipinski definition) is 0. The maximum atomic E-state index is 2.51. The summed E-state index contributed by atoms with van der Waals surface area (Å²) in [5.74, 6) is 0. The molecule has 10 aromatic rings. The molecule has 2 heteroatoms. The van der Waals surface area contributed by atoms with Gasteiger partial charge in [-0.2, -0.15) is 0 Å². The topological polar surface area (TPSA) is 4.41 Å². The molecule has 0 saturated carbocycles. The molecule has 0 aliphatic rings. The van der Waals surface area contributed by atoms with E-state index in [9.17, 15) is 0 Å². The van der Waals surface area contributed by atoms with E-state index < -0.39 is 0 Å². The van der Waals surface area contributed by atoms with Crippen molar-refractivity contribution in [2.24, 2.45) is 0 Å². The molecule has 0 saturated heterocycles. The number of rotatable bonds is 1. The fourth-order valence-electron chi connectivity index (χ4n) is 7.42. The number of para-hydroxylation sites is 2. The van der Waals surface area contributed by atoms with Crippen LogP contribution >= 0.6 is 0 Å². The van der Waals surface area contributed by atoms with Gasteiger partial charge in [0.1, 0.15) is 0 Å². The average molecular weight is 623 g/mol. The van der Waals surface area contributed by atoms with Gasteiger partial charge in [0.05, 0.1) is 0 Å².